The summed E-state index contributed by atoms with van der Waals surface area (Å²) in [5.74, 6) is -1.18. The summed E-state index contributed by atoms with van der Waals surface area (Å²) in [6.07, 6.45) is -4.91. The first-order chi connectivity index (χ1) is 40.3. The number of aryl methyl sites for hydroxylation is 1. The van der Waals surface area contributed by atoms with Gasteiger partial charge in [-0.15, -0.1) is 0 Å². The Morgan fingerprint density at radius 3 is 1.73 bits per heavy atom. The minimum absolute atomic E-state index is 0.0593. The van der Waals surface area contributed by atoms with Crippen LogP contribution in [0.3, 0.4) is 0 Å². The van der Waals surface area contributed by atoms with E-state index in [-0.39, 0.29) is 54.6 Å². The third kappa shape index (κ3) is 12.5. The van der Waals surface area contributed by atoms with Gasteiger partial charge in [-0.05, 0) is 116 Å². The molecule has 0 radical (unpaired) electrons. The Bertz CT molecular complexity index is 3520. The van der Waals surface area contributed by atoms with Crippen LogP contribution in [0.1, 0.15) is 65.3 Å². The van der Waals surface area contributed by atoms with Crippen molar-refractivity contribution in [1.29, 1.82) is 0 Å². The Labute approximate surface area is 488 Å². The summed E-state index contributed by atoms with van der Waals surface area (Å²) in [4.78, 5) is 26.5. The molecule has 0 spiro atoms. The highest BCUT2D eigenvalue weighted by molar-refractivity contribution is 6.36. The summed E-state index contributed by atoms with van der Waals surface area (Å²) >= 11 is 7.36. The van der Waals surface area contributed by atoms with Gasteiger partial charge >= 0.3 is 12.2 Å². The van der Waals surface area contributed by atoms with Crippen LogP contribution in [-0.4, -0.2) is 98.1 Å². The Kier molecular flexibility index (Phi) is 17.2. The first-order valence-electron chi connectivity index (χ1n) is 27.2. The summed E-state index contributed by atoms with van der Waals surface area (Å²) in [5, 5.41) is -0.564. The van der Waals surface area contributed by atoms with E-state index in [0.29, 0.717) is 47.5 Å². The van der Waals surface area contributed by atoms with Gasteiger partial charge in [0, 0.05) is 44.4 Å². The number of benzene rings is 5. The third-order valence-electron chi connectivity index (χ3n) is 15.4. The van der Waals surface area contributed by atoms with Crippen LogP contribution in [0.4, 0.5) is 43.8 Å². The number of anilines is 3. The molecular weight excluding hydrogens is 1110 g/mol. The van der Waals surface area contributed by atoms with Gasteiger partial charge < -0.3 is 43.1 Å². The molecule has 0 bridgehead atoms. The molecule has 0 unspecified atom stereocenters. The SMILES string of the molecule is COc1ccc(CN(Cc2ccc(OC)cc2)c2cc(C)c(C(F)(F)F)c(-c3c(Cl)c4c5c(nc(O[C@@H](C)[C@@H]6CC(F)(F)CN6C)nc5c3F)N([C@H](C)c3cccnc3N(Cc3ccc(OC)cc3)Cc3ccc(OC)cc3)CCO4)n2)cc1. The highest BCUT2D eigenvalue weighted by Crippen LogP contribution is 2.52. The molecule has 440 valence electrons. The fourth-order valence-electron chi connectivity index (χ4n) is 11.1. The van der Waals surface area contributed by atoms with Crippen LogP contribution < -0.4 is 43.1 Å². The Hall–Kier alpha value is -8.23. The topological polar surface area (TPSA) is 120 Å². The maximum atomic E-state index is 18.6. The van der Waals surface area contributed by atoms with Crippen molar-refractivity contribution >= 4 is 40.0 Å². The van der Waals surface area contributed by atoms with Crippen molar-refractivity contribution in [2.24, 2.45) is 0 Å². The van der Waals surface area contributed by atoms with Crippen molar-refractivity contribution in [2.45, 2.75) is 83.7 Å². The summed E-state index contributed by atoms with van der Waals surface area (Å²) < 4.78 is 130. The number of hydrogen-bond acceptors (Lipinski definition) is 14. The molecule has 0 aliphatic carbocycles. The smallest absolute Gasteiger partial charge is 0.418 e. The second-order valence-corrected chi connectivity index (χ2v) is 21.4. The number of rotatable bonds is 20. The second kappa shape index (κ2) is 24.5. The van der Waals surface area contributed by atoms with Crippen LogP contribution >= 0.6 is 11.6 Å². The predicted molar refractivity (Wildman–Crippen MR) is 311 cm³/mol. The van der Waals surface area contributed by atoms with Gasteiger partial charge in [0.15, 0.2) is 11.6 Å². The summed E-state index contributed by atoms with van der Waals surface area (Å²) in [6.45, 7) is 5.33. The van der Waals surface area contributed by atoms with E-state index in [9.17, 15) is 8.78 Å². The number of halogens is 7. The van der Waals surface area contributed by atoms with E-state index < -0.39 is 82.4 Å². The second-order valence-electron chi connectivity index (χ2n) is 21.0. The van der Waals surface area contributed by atoms with Gasteiger partial charge in [-0.25, -0.2) is 23.1 Å². The number of nitrogens with zero attached hydrogens (tertiary/aromatic N) is 8. The van der Waals surface area contributed by atoms with Crippen molar-refractivity contribution in [3.05, 3.63) is 171 Å². The lowest BCUT2D eigenvalue weighted by Crippen LogP contribution is -2.38. The molecule has 14 nitrogen and oxygen atoms in total. The van der Waals surface area contributed by atoms with Gasteiger partial charge in [-0.1, -0.05) is 66.2 Å². The molecule has 5 aromatic carbocycles. The van der Waals surface area contributed by atoms with Crippen LogP contribution in [-0.2, 0) is 32.4 Å². The van der Waals surface area contributed by atoms with Gasteiger partial charge in [0.25, 0.3) is 5.92 Å². The first kappa shape index (κ1) is 58.9. The molecule has 3 aromatic heterocycles. The van der Waals surface area contributed by atoms with E-state index >= 15 is 17.6 Å². The van der Waals surface area contributed by atoms with Gasteiger partial charge in [0.05, 0.1) is 80.8 Å². The molecule has 0 saturated carbocycles. The average Bonchev–Trinajstić information content (AvgIpc) is 1.46. The van der Waals surface area contributed by atoms with Gasteiger partial charge in [0.1, 0.15) is 58.7 Å². The van der Waals surface area contributed by atoms with E-state index in [2.05, 4.69) is 9.88 Å². The molecule has 10 rings (SSSR count). The Morgan fingerprint density at radius 2 is 1.25 bits per heavy atom. The zero-order valence-corrected chi connectivity index (χ0v) is 48.4. The summed E-state index contributed by atoms with van der Waals surface area (Å²) in [6, 6.07) is 33.0. The number of hydrogen-bond donors (Lipinski definition) is 0. The lowest BCUT2D eigenvalue weighted by Gasteiger charge is -2.34. The lowest BCUT2D eigenvalue weighted by molar-refractivity contribution is -0.137. The van der Waals surface area contributed by atoms with Crippen molar-refractivity contribution in [2.75, 3.05) is 69.9 Å². The monoisotopic (exact) mass is 1180 g/mol. The number of likely N-dealkylation sites (tertiary alicyclic amines) is 1. The lowest BCUT2D eigenvalue weighted by atomic mass is 9.98. The molecule has 2 aliphatic rings. The number of ether oxygens (including phenoxy) is 6. The predicted octanol–water partition coefficient (Wildman–Crippen LogP) is 13.7. The molecule has 3 atom stereocenters. The zero-order chi connectivity index (χ0) is 59.6. The van der Waals surface area contributed by atoms with Crippen LogP contribution in [0.2, 0.25) is 5.02 Å². The number of aromatic nitrogens is 4. The molecule has 0 N–H and O–H groups in total. The fraction of sp³-hybridized carbons (Fsp3) is 0.333. The minimum Gasteiger partial charge on any atom is -0.497 e. The number of likely N-dealkylation sites (N-methyl/N-ethyl adjacent to an activating group) is 1. The van der Waals surface area contributed by atoms with Crippen molar-refractivity contribution < 1.29 is 54.8 Å². The Balaban J connectivity index is 1.14. The molecule has 8 aromatic rings. The molecule has 2 aliphatic heterocycles. The van der Waals surface area contributed by atoms with E-state index in [1.165, 1.54) is 17.9 Å². The third-order valence-corrected chi connectivity index (χ3v) is 15.8. The van der Waals surface area contributed by atoms with E-state index in [4.69, 9.17) is 55.0 Å². The number of methoxy groups -OCH3 is 4. The first-order valence-corrected chi connectivity index (χ1v) is 27.6. The number of pyridine rings is 2. The van der Waals surface area contributed by atoms with E-state index in [0.717, 1.165) is 22.3 Å². The summed E-state index contributed by atoms with van der Waals surface area (Å²) in [5.41, 5.74) is 0.617. The van der Waals surface area contributed by atoms with Gasteiger partial charge in [-0.3, -0.25) is 4.90 Å². The maximum absolute atomic E-state index is 18.6. The van der Waals surface area contributed by atoms with Crippen molar-refractivity contribution in [3.8, 4) is 46.0 Å². The molecule has 5 heterocycles. The average molecular weight is 1180 g/mol. The largest absolute Gasteiger partial charge is 0.497 e. The van der Waals surface area contributed by atoms with Gasteiger partial charge in [0.2, 0.25) is 0 Å². The molecule has 1 fully saturated rings. The maximum Gasteiger partial charge on any atom is 0.418 e. The molecule has 0 amide bonds. The van der Waals surface area contributed by atoms with Crippen LogP contribution in [0.15, 0.2) is 121 Å². The fourth-order valence-corrected chi connectivity index (χ4v) is 11.4. The van der Waals surface area contributed by atoms with Crippen molar-refractivity contribution in [1.82, 2.24) is 24.8 Å². The Morgan fingerprint density at radius 1 is 0.738 bits per heavy atom. The normalized spacial score (nSPS) is 15.7. The highest BCUT2D eigenvalue weighted by Gasteiger charge is 2.47. The molecule has 84 heavy (non-hydrogen) atoms. The van der Waals surface area contributed by atoms with Crippen LogP contribution in [0.5, 0.6) is 34.8 Å². The molecule has 1 saturated heterocycles. The molecule has 21 heteroatoms. The van der Waals surface area contributed by atoms with Crippen LogP contribution in [0, 0.1) is 12.7 Å². The highest BCUT2D eigenvalue weighted by atomic mass is 35.5. The standard InChI is InChI=1S/C63H63ClF6N8O6/c1-37-30-50(76(32-40-11-19-44(79-5)20-12-40)33-41-13-21-45(80-6)22-14-41)72-56(53(37)63(68,69)70)51-54(64)58-52-57(55(51)65)73-61(84-39(3)49-31-62(66,67)36-75(49)4)74-60(52)78(28-29-83-58)38(2)48-10-9-27-71-59(48)77(34-42-15-23-46(81-7)24-16-42)35-43-17-25-47(82-8)26-18-43/h9-27,30,38-39,49H,28-29,31-36H2,1-8H3/t38-,39+,49+/m1/s1. The minimum atomic E-state index is -5.08. The summed E-state index contributed by atoms with van der Waals surface area (Å²) in [7, 11) is 7.83. The van der Waals surface area contributed by atoms with E-state index in [1.54, 1.807) is 83.8 Å². The number of alkyl halides is 5. The zero-order valence-electron chi connectivity index (χ0n) is 47.6. The van der Waals surface area contributed by atoms with Gasteiger partial charge in [-0.2, -0.15) is 23.1 Å². The molecular formula is C63H63ClF6N8O6. The van der Waals surface area contributed by atoms with Crippen molar-refractivity contribution in [3.63, 3.8) is 0 Å². The van der Waals surface area contributed by atoms with Crippen LogP contribution in [0.25, 0.3) is 22.2 Å². The quantitative estimate of drug-likeness (QED) is 0.0673. The van der Waals surface area contributed by atoms with E-state index in [1.807, 2.05) is 90.7 Å².